The zero-order valence-electron chi connectivity index (χ0n) is 13.6. The first-order valence-corrected chi connectivity index (χ1v) is 7.37. The van der Waals surface area contributed by atoms with Gasteiger partial charge in [0.05, 0.1) is 26.1 Å². The highest BCUT2D eigenvalue weighted by atomic mass is 35.5. The van der Waals surface area contributed by atoms with Gasteiger partial charge in [-0.1, -0.05) is 0 Å². The Hall–Kier alpha value is -2.47. The molecular weight excluding hydrogens is 330 g/mol. The molecule has 3 rings (SSSR count). The predicted molar refractivity (Wildman–Crippen MR) is 93.9 cm³/mol. The molecule has 2 heterocycles. The summed E-state index contributed by atoms with van der Waals surface area (Å²) in [5.74, 6) is 1.29. The Morgan fingerprint density at radius 2 is 1.83 bits per heavy atom. The molecule has 0 spiro atoms. The van der Waals surface area contributed by atoms with Gasteiger partial charge in [0.2, 0.25) is 0 Å². The second-order valence-corrected chi connectivity index (χ2v) is 5.43. The maximum atomic E-state index is 12.6. The molecule has 0 aliphatic carbocycles. The van der Waals surface area contributed by atoms with Gasteiger partial charge in [-0.25, -0.2) is 4.98 Å². The second-order valence-electron chi connectivity index (χ2n) is 5.43. The number of anilines is 1. The molecule has 1 amide bonds. The molecule has 0 atom stereocenters. The molecule has 24 heavy (non-hydrogen) atoms. The average molecular weight is 350 g/mol. The van der Waals surface area contributed by atoms with Gasteiger partial charge in [0.1, 0.15) is 5.69 Å². The minimum Gasteiger partial charge on any atom is -0.493 e. The number of rotatable bonds is 3. The summed E-state index contributed by atoms with van der Waals surface area (Å²) < 4.78 is 10.7. The van der Waals surface area contributed by atoms with Gasteiger partial charge >= 0.3 is 0 Å². The highest BCUT2D eigenvalue weighted by Gasteiger charge is 2.24. The first-order valence-electron chi connectivity index (χ1n) is 7.37. The van der Waals surface area contributed by atoms with Gasteiger partial charge in [-0.2, -0.15) is 0 Å². The number of aromatic nitrogens is 1. The van der Waals surface area contributed by atoms with E-state index in [0.29, 0.717) is 36.0 Å². The first kappa shape index (κ1) is 17.9. The first-order chi connectivity index (χ1) is 11.1. The van der Waals surface area contributed by atoms with Crippen molar-refractivity contribution in [1.29, 1.82) is 0 Å². The highest BCUT2D eigenvalue weighted by molar-refractivity contribution is 5.92. The lowest BCUT2D eigenvalue weighted by Gasteiger charge is -2.29. The normalized spacial score (nSPS) is 12.8. The number of nitrogens with zero attached hydrogens (tertiary/aromatic N) is 2. The molecule has 1 aromatic carbocycles. The van der Waals surface area contributed by atoms with Gasteiger partial charge in [0.25, 0.3) is 5.91 Å². The van der Waals surface area contributed by atoms with Crippen LogP contribution in [0.25, 0.3) is 0 Å². The van der Waals surface area contributed by atoms with Crippen LogP contribution in [0.1, 0.15) is 21.6 Å². The summed E-state index contributed by atoms with van der Waals surface area (Å²) >= 11 is 0. The predicted octanol–water partition coefficient (Wildman–Crippen LogP) is 2.30. The smallest absolute Gasteiger partial charge is 0.272 e. The highest BCUT2D eigenvalue weighted by Crippen LogP contribution is 2.33. The zero-order valence-corrected chi connectivity index (χ0v) is 14.4. The number of pyridine rings is 1. The number of nitrogen functional groups attached to an aromatic ring is 1. The second kappa shape index (κ2) is 7.40. The lowest BCUT2D eigenvalue weighted by Crippen LogP contribution is -2.36. The number of ether oxygens (including phenoxy) is 2. The van der Waals surface area contributed by atoms with Crippen molar-refractivity contribution in [2.75, 3.05) is 26.5 Å². The Bertz CT molecular complexity index is 735. The summed E-state index contributed by atoms with van der Waals surface area (Å²) in [6, 6.07) is 7.26. The number of benzene rings is 1. The van der Waals surface area contributed by atoms with E-state index >= 15 is 0 Å². The molecule has 2 N–H and O–H groups in total. The Kier molecular flexibility index (Phi) is 5.51. The van der Waals surface area contributed by atoms with Crippen LogP contribution in [0.15, 0.2) is 30.5 Å². The van der Waals surface area contributed by atoms with E-state index < -0.39 is 0 Å². The number of amides is 1. The Morgan fingerprint density at radius 1 is 1.17 bits per heavy atom. The molecule has 2 aromatic rings. The average Bonchev–Trinajstić information content (AvgIpc) is 2.60. The van der Waals surface area contributed by atoms with Crippen LogP contribution in [0.4, 0.5) is 5.69 Å². The van der Waals surface area contributed by atoms with Crippen molar-refractivity contribution in [1.82, 2.24) is 9.88 Å². The molecule has 1 aliphatic heterocycles. The summed E-state index contributed by atoms with van der Waals surface area (Å²) in [7, 11) is 3.23. The summed E-state index contributed by atoms with van der Waals surface area (Å²) in [5.41, 5.74) is 8.81. The van der Waals surface area contributed by atoms with E-state index in [0.717, 1.165) is 12.0 Å². The van der Waals surface area contributed by atoms with Crippen LogP contribution in [0.3, 0.4) is 0 Å². The SMILES string of the molecule is COc1cc2c(cc1OC)CN(C(=O)c1ccc(N)cn1)CC2.Cl. The Morgan fingerprint density at radius 3 is 2.42 bits per heavy atom. The van der Waals surface area contributed by atoms with Crippen LogP contribution in [-0.4, -0.2) is 36.6 Å². The zero-order chi connectivity index (χ0) is 16.4. The van der Waals surface area contributed by atoms with Crippen LogP contribution in [0, 0.1) is 0 Å². The van der Waals surface area contributed by atoms with Gasteiger partial charge in [0, 0.05) is 13.1 Å². The van der Waals surface area contributed by atoms with Crippen LogP contribution >= 0.6 is 12.4 Å². The molecular formula is C17H20ClN3O3. The molecule has 6 nitrogen and oxygen atoms in total. The third-order valence-corrected chi connectivity index (χ3v) is 4.01. The monoisotopic (exact) mass is 349 g/mol. The molecule has 0 unspecified atom stereocenters. The van der Waals surface area contributed by atoms with Crippen molar-refractivity contribution in [3.05, 3.63) is 47.3 Å². The maximum Gasteiger partial charge on any atom is 0.272 e. The third-order valence-electron chi connectivity index (χ3n) is 4.01. The van der Waals surface area contributed by atoms with Crippen molar-refractivity contribution in [3.8, 4) is 11.5 Å². The van der Waals surface area contributed by atoms with Crippen LogP contribution in [0.2, 0.25) is 0 Å². The number of methoxy groups -OCH3 is 2. The number of fused-ring (bicyclic) bond motifs is 1. The van der Waals surface area contributed by atoms with Crippen molar-refractivity contribution < 1.29 is 14.3 Å². The summed E-state index contributed by atoms with van der Waals surface area (Å²) in [6.45, 7) is 1.17. The minimum atomic E-state index is -0.0922. The summed E-state index contributed by atoms with van der Waals surface area (Å²) in [4.78, 5) is 18.5. The fourth-order valence-corrected chi connectivity index (χ4v) is 2.75. The standard InChI is InChI=1S/C17H19N3O3.ClH/c1-22-15-7-11-5-6-20(10-12(11)8-16(15)23-2)17(21)14-4-3-13(18)9-19-14;/h3-4,7-9H,5-6,10,18H2,1-2H3;1H. The quantitative estimate of drug-likeness (QED) is 0.920. The Balaban J connectivity index is 0.00000208. The van der Waals surface area contributed by atoms with Gasteiger partial charge in [-0.3, -0.25) is 4.79 Å². The minimum absolute atomic E-state index is 0. The molecule has 0 saturated carbocycles. The maximum absolute atomic E-state index is 12.6. The van der Waals surface area contributed by atoms with Crippen LogP contribution in [0.5, 0.6) is 11.5 Å². The van der Waals surface area contributed by atoms with Crippen molar-refractivity contribution >= 4 is 24.0 Å². The van der Waals surface area contributed by atoms with Gasteiger partial charge in [0.15, 0.2) is 11.5 Å². The Labute approximate surface area is 147 Å². The van der Waals surface area contributed by atoms with Crippen molar-refractivity contribution in [2.24, 2.45) is 0 Å². The van der Waals surface area contributed by atoms with Gasteiger partial charge in [-0.05, 0) is 41.8 Å². The molecule has 1 aromatic heterocycles. The van der Waals surface area contributed by atoms with Gasteiger partial charge < -0.3 is 20.1 Å². The molecule has 0 bridgehead atoms. The van der Waals surface area contributed by atoms with Crippen molar-refractivity contribution in [2.45, 2.75) is 13.0 Å². The van der Waals surface area contributed by atoms with Crippen LogP contribution < -0.4 is 15.2 Å². The number of carbonyl (C=O) groups excluding carboxylic acids is 1. The molecule has 0 radical (unpaired) electrons. The largest absolute Gasteiger partial charge is 0.493 e. The third kappa shape index (κ3) is 3.38. The molecule has 7 heteroatoms. The number of nitrogens with two attached hydrogens (primary N) is 1. The number of hydrogen-bond acceptors (Lipinski definition) is 5. The summed E-state index contributed by atoms with van der Waals surface area (Å²) in [5, 5.41) is 0. The van der Waals surface area contributed by atoms with Crippen molar-refractivity contribution in [3.63, 3.8) is 0 Å². The number of hydrogen-bond donors (Lipinski definition) is 1. The number of carbonyl (C=O) groups is 1. The number of halogens is 1. The van der Waals surface area contributed by atoms with E-state index in [-0.39, 0.29) is 18.3 Å². The van der Waals surface area contributed by atoms with E-state index in [2.05, 4.69) is 4.98 Å². The molecule has 0 fully saturated rings. The molecule has 1 aliphatic rings. The fourth-order valence-electron chi connectivity index (χ4n) is 2.75. The lowest BCUT2D eigenvalue weighted by atomic mass is 9.98. The summed E-state index contributed by atoms with van der Waals surface area (Å²) in [6.07, 6.45) is 2.27. The molecule has 128 valence electrons. The van der Waals surface area contributed by atoms with E-state index in [1.54, 1.807) is 31.3 Å². The lowest BCUT2D eigenvalue weighted by molar-refractivity contribution is 0.0728. The molecule has 0 saturated heterocycles. The van der Waals surface area contributed by atoms with E-state index in [1.165, 1.54) is 11.8 Å². The van der Waals surface area contributed by atoms with E-state index in [4.69, 9.17) is 15.2 Å². The van der Waals surface area contributed by atoms with Gasteiger partial charge in [-0.15, -0.1) is 12.4 Å². The topological polar surface area (TPSA) is 77.7 Å². The van der Waals surface area contributed by atoms with E-state index in [9.17, 15) is 4.79 Å². The van der Waals surface area contributed by atoms with E-state index in [1.807, 2.05) is 12.1 Å². The van der Waals surface area contributed by atoms with Crippen LogP contribution in [-0.2, 0) is 13.0 Å². The fraction of sp³-hybridized carbons (Fsp3) is 0.294.